The summed E-state index contributed by atoms with van der Waals surface area (Å²) in [6, 6.07) is 1.61. The third-order valence-corrected chi connectivity index (χ3v) is 3.05. The van der Waals surface area contributed by atoms with E-state index in [4.69, 9.17) is 16.7 Å². The quantitative estimate of drug-likeness (QED) is 0.647. The van der Waals surface area contributed by atoms with E-state index in [9.17, 15) is 13.6 Å². The third-order valence-electron chi connectivity index (χ3n) is 2.74. The van der Waals surface area contributed by atoms with E-state index in [0.717, 1.165) is 25.0 Å². The van der Waals surface area contributed by atoms with Gasteiger partial charge in [-0.25, -0.2) is 8.78 Å². The van der Waals surface area contributed by atoms with Gasteiger partial charge in [-0.3, -0.25) is 4.79 Å². The molecule has 3 nitrogen and oxygen atoms in total. The standard InChI is InChI=1S/C13H16ClF2NO2/c1-17(5-3-2-4-6-18)13(19)9-7-11(15)12(16)8-10(9)14/h7-8,18H,2-6H2,1H3. The zero-order chi connectivity index (χ0) is 14.4. The molecule has 1 N–H and O–H groups in total. The van der Waals surface area contributed by atoms with Gasteiger partial charge < -0.3 is 10.0 Å². The Kier molecular flexibility index (Phi) is 6.18. The predicted octanol–water partition coefficient (Wildman–Crippen LogP) is 2.85. The molecule has 0 aliphatic heterocycles. The number of hydrogen-bond donors (Lipinski definition) is 1. The number of nitrogens with zero attached hydrogens (tertiary/aromatic N) is 1. The van der Waals surface area contributed by atoms with Gasteiger partial charge in [0.2, 0.25) is 0 Å². The smallest absolute Gasteiger partial charge is 0.255 e. The second-order valence-corrected chi connectivity index (χ2v) is 4.66. The summed E-state index contributed by atoms with van der Waals surface area (Å²) in [6.07, 6.45) is 2.19. The average Bonchev–Trinajstić information content (AvgIpc) is 2.38. The Morgan fingerprint density at radius 2 is 1.89 bits per heavy atom. The Morgan fingerprint density at radius 1 is 1.26 bits per heavy atom. The maximum Gasteiger partial charge on any atom is 0.255 e. The second kappa shape index (κ2) is 7.40. The second-order valence-electron chi connectivity index (χ2n) is 4.26. The van der Waals surface area contributed by atoms with Gasteiger partial charge in [0.05, 0.1) is 10.6 Å². The minimum absolute atomic E-state index is 0.0507. The first-order valence-electron chi connectivity index (χ1n) is 5.98. The molecule has 0 spiro atoms. The van der Waals surface area contributed by atoms with E-state index < -0.39 is 17.5 Å². The van der Waals surface area contributed by atoms with E-state index in [1.54, 1.807) is 7.05 Å². The lowest BCUT2D eigenvalue weighted by Crippen LogP contribution is -2.28. The van der Waals surface area contributed by atoms with Crippen LogP contribution in [0.1, 0.15) is 29.6 Å². The van der Waals surface area contributed by atoms with Crippen molar-refractivity contribution in [2.45, 2.75) is 19.3 Å². The molecule has 0 aliphatic carbocycles. The van der Waals surface area contributed by atoms with Crippen LogP contribution < -0.4 is 0 Å². The van der Waals surface area contributed by atoms with E-state index in [2.05, 4.69) is 0 Å². The van der Waals surface area contributed by atoms with Crippen molar-refractivity contribution in [3.05, 3.63) is 34.4 Å². The van der Waals surface area contributed by atoms with Crippen LogP contribution in [0.15, 0.2) is 12.1 Å². The zero-order valence-corrected chi connectivity index (χ0v) is 11.4. The molecule has 0 heterocycles. The lowest BCUT2D eigenvalue weighted by atomic mass is 10.1. The fourth-order valence-electron chi connectivity index (χ4n) is 1.63. The molecule has 1 rings (SSSR count). The van der Waals surface area contributed by atoms with Gasteiger partial charge in [0.1, 0.15) is 0 Å². The van der Waals surface area contributed by atoms with Crippen LogP contribution in [-0.2, 0) is 0 Å². The highest BCUT2D eigenvalue weighted by molar-refractivity contribution is 6.33. The first-order valence-corrected chi connectivity index (χ1v) is 6.36. The third kappa shape index (κ3) is 4.44. The number of aliphatic hydroxyl groups is 1. The number of carbonyl (C=O) groups is 1. The molecule has 0 aromatic heterocycles. The molecule has 0 aliphatic rings. The molecule has 0 atom stereocenters. The van der Waals surface area contributed by atoms with Gasteiger partial charge in [-0.05, 0) is 31.4 Å². The van der Waals surface area contributed by atoms with Crippen LogP contribution in [0.2, 0.25) is 5.02 Å². The molecule has 6 heteroatoms. The summed E-state index contributed by atoms with van der Waals surface area (Å²) in [5.74, 6) is -2.62. The number of hydrogen-bond acceptors (Lipinski definition) is 2. The molecule has 0 unspecified atom stereocenters. The molecule has 1 amide bonds. The number of carbonyl (C=O) groups excluding carboxylic acids is 1. The van der Waals surface area contributed by atoms with E-state index in [1.807, 2.05) is 0 Å². The van der Waals surface area contributed by atoms with Crippen molar-refractivity contribution in [3.8, 4) is 0 Å². The number of halogens is 3. The van der Waals surface area contributed by atoms with Gasteiger partial charge in [0.25, 0.3) is 5.91 Å². The largest absolute Gasteiger partial charge is 0.396 e. The molecule has 0 saturated carbocycles. The number of rotatable bonds is 6. The molecule has 0 fully saturated rings. The van der Waals surface area contributed by atoms with Crippen molar-refractivity contribution in [2.24, 2.45) is 0 Å². The van der Waals surface area contributed by atoms with Crippen LogP contribution in [0.3, 0.4) is 0 Å². The first-order chi connectivity index (χ1) is 8.97. The highest BCUT2D eigenvalue weighted by Crippen LogP contribution is 2.21. The molecule has 0 bridgehead atoms. The fraction of sp³-hybridized carbons (Fsp3) is 0.462. The summed E-state index contributed by atoms with van der Waals surface area (Å²) in [5.41, 5.74) is -0.0507. The Labute approximate surface area is 115 Å². The van der Waals surface area contributed by atoms with Crippen molar-refractivity contribution in [3.63, 3.8) is 0 Å². The molecule has 1 aromatic rings. The summed E-state index contributed by atoms with van der Waals surface area (Å²) in [7, 11) is 1.57. The summed E-state index contributed by atoms with van der Waals surface area (Å²) in [4.78, 5) is 13.4. The number of aliphatic hydroxyl groups excluding tert-OH is 1. The number of amides is 1. The molecule has 0 radical (unpaired) electrons. The van der Waals surface area contributed by atoms with Gasteiger partial charge in [-0.15, -0.1) is 0 Å². The summed E-state index contributed by atoms with van der Waals surface area (Å²) < 4.78 is 26.0. The molecule has 0 saturated heterocycles. The summed E-state index contributed by atoms with van der Waals surface area (Å²) in [5, 5.41) is 8.53. The normalized spacial score (nSPS) is 10.6. The topological polar surface area (TPSA) is 40.5 Å². The predicted molar refractivity (Wildman–Crippen MR) is 69.3 cm³/mol. The fourth-order valence-corrected chi connectivity index (χ4v) is 1.86. The van der Waals surface area contributed by atoms with E-state index in [-0.39, 0.29) is 17.2 Å². The van der Waals surface area contributed by atoms with E-state index in [0.29, 0.717) is 13.0 Å². The van der Waals surface area contributed by atoms with Crippen molar-refractivity contribution in [1.82, 2.24) is 4.90 Å². The monoisotopic (exact) mass is 291 g/mol. The zero-order valence-electron chi connectivity index (χ0n) is 10.6. The van der Waals surface area contributed by atoms with Crippen LogP contribution >= 0.6 is 11.6 Å². The lowest BCUT2D eigenvalue weighted by Gasteiger charge is -2.17. The highest BCUT2D eigenvalue weighted by Gasteiger charge is 2.18. The highest BCUT2D eigenvalue weighted by atomic mass is 35.5. The van der Waals surface area contributed by atoms with E-state index >= 15 is 0 Å². The van der Waals surface area contributed by atoms with Gasteiger partial charge in [-0.2, -0.15) is 0 Å². The number of unbranched alkanes of at least 4 members (excludes halogenated alkanes) is 2. The molecular formula is C13H16ClF2NO2. The van der Waals surface area contributed by atoms with Crippen LogP contribution in [0.4, 0.5) is 8.78 Å². The van der Waals surface area contributed by atoms with Crippen molar-refractivity contribution in [2.75, 3.05) is 20.2 Å². The van der Waals surface area contributed by atoms with Crippen LogP contribution in [0.5, 0.6) is 0 Å². The average molecular weight is 292 g/mol. The minimum atomic E-state index is -1.10. The Bertz CT molecular complexity index is 455. The van der Waals surface area contributed by atoms with Crippen molar-refractivity contribution in [1.29, 1.82) is 0 Å². The van der Waals surface area contributed by atoms with Crippen LogP contribution in [-0.4, -0.2) is 36.1 Å². The van der Waals surface area contributed by atoms with Gasteiger partial charge in [0, 0.05) is 20.2 Å². The van der Waals surface area contributed by atoms with Crippen molar-refractivity contribution >= 4 is 17.5 Å². The summed E-state index contributed by atoms with van der Waals surface area (Å²) >= 11 is 5.74. The summed E-state index contributed by atoms with van der Waals surface area (Å²) in [6.45, 7) is 0.584. The van der Waals surface area contributed by atoms with Gasteiger partial charge >= 0.3 is 0 Å². The molecule has 1 aromatic carbocycles. The Morgan fingerprint density at radius 3 is 2.53 bits per heavy atom. The number of benzene rings is 1. The molecular weight excluding hydrogens is 276 g/mol. The lowest BCUT2D eigenvalue weighted by molar-refractivity contribution is 0.0791. The first kappa shape index (κ1) is 15.9. The van der Waals surface area contributed by atoms with Crippen molar-refractivity contribution < 1.29 is 18.7 Å². The van der Waals surface area contributed by atoms with Gasteiger partial charge in [0.15, 0.2) is 11.6 Å². The minimum Gasteiger partial charge on any atom is -0.396 e. The molecule has 19 heavy (non-hydrogen) atoms. The molecule has 106 valence electrons. The van der Waals surface area contributed by atoms with Crippen LogP contribution in [0.25, 0.3) is 0 Å². The Balaban J connectivity index is 2.69. The maximum atomic E-state index is 13.1. The maximum absolute atomic E-state index is 13.1. The Hall–Kier alpha value is -1.20. The SMILES string of the molecule is CN(CCCCCO)C(=O)c1cc(F)c(F)cc1Cl. The van der Waals surface area contributed by atoms with Gasteiger partial charge in [-0.1, -0.05) is 11.6 Å². The van der Waals surface area contributed by atoms with Crippen LogP contribution in [0, 0.1) is 11.6 Å². The van der Waals surface area contributed by atoms with E-state index in [1.165, 1.54) is 4.90 Å².